The molecular weight excluding hydrogens is 304 g/mol. The van der Waals surface area contributed by atoms with Crippen LogP contribution in [-0.2, 0) is 11.2 Å². The summed E-state index contributed by atoms with van der Waals surface area (Å²) in [6, 6.07) is 18.8. The number of nitrogens with one attached hydrogen (secondary N) is 1. The van der Waals surface area contributed by atoms with E-state index in [0.29, 0.717) is 6.54 Å². The summed E-state index contributed by atoms with van der Waals surface area (Å²) in [6.07, 6.45) is 0.824. The maximum absolute atomic E-state index is 12.5. The highest BCUT2D eigenvalue weighted by Gasteiger charge is 2.28. The summed E-state index contributed by atoms with van der Waals surface area (Å²) in [5.41, 5.74) is 2.50. The topological polar surface area (TPSA) is 32.3 Å². The minimum Gasteiger partial charge on any atom is -0.353 e. The van der Waals surface area contributed by atoms with E-state index in [4.69, 9.17) is 0 Å². The molecule has 0 aliphatic carbocycles. The lowest BCUT2D eigenvalue weighted by molar-refractivity contribution is -0.120. The van der Waals surface area contributed by atoms with E-state index in [9.17, 15) is 4.79 Å². The molecule has 0 spiro atoms. The van der Waals surface area contributed by atoms with Gasteiger partial charge >= 0.3 is 0 Å². The third-order valence-corrected chi connectivity index (χ3v) is 5.53. The third-order valence-electron chi connectivity index (χ3n) is 4.22. The predicted octanol–water partition coefficient (Wildman–Crippen LogP) is 3.12. The molecule has 2 aromatic carbocycles. The summed E-state index contributed by atoms with van der Waals surface area (Å²) in [4.78, 5) is 15.9. The molecular formula is C19H22N2OS. The van der Waals surface area contributed by atoms with Crippen LogP contribution in [0.15, 0.2) is 59.5 Å². The fraction of sp³-hybridized carbons (Fsp3) is 0.316. The van der Waals surface area contributed by atoms with Crippen LogP contribution in [-0.4, -0.2) is 36.7 Å². The number of benzene rings is 2. The first-order chi connectivity index (χ1) is 11.1. The number of hydrogen-bond donors (Lipinski definition) is 1. The zero-order chi connectivity index (χ0) is 16.2. The monoisotopic (exact) mass is 326 g/mol. The van der Waals surface area contributed by atoms with Gasteiger partial charge < -0.3 is 10.2 Å². The van der Waals surface area contributed by atoms with Crippen LogP contribution in [0, 0.1) is 0 Å². The summed E-state index contributed by atoms with van der Waals surface area (Å²) in [5.74, 6) is 0.133. The van der Waals surface area contributed by atoms with Crippen LogP contribution < -0.4 is 5.32 Å². The Hall–Kier alpha value is -1.78. The quantitative estimate of drug-likeness (QED) is 0.916. The van der Waals surface area contributed by atoms with Crippen molar-refractivity contribution in [3.63, 3.8) is 0 Å². The fourth-order valence-corrected chi connectivity index (χ4v) is 4.13. The van der Waals surface area contributed by atoms with Crippen molar-refractivity contribution in [3.8, 4) is 0 Å². The number of carbonyl (C=O) groups is 1. The molecule has 0 radical (unpaired) electrons. The molecule has 3 nitrogen and oxygen atoms in total. The van der Waals surface area contributed by atoms with E-state index in [-0.39, 0.29) is 17.2 Å². The SMILES string of the molecule is CN(C)C(CNC(=O)C1Cc2ccccc2S1)c1ccccc1. The molecule has 1 aliphatic rings. The largest absolute Gasteiger partial charge is 0.353 e. The molecule has 0 aromatic heterocycles. The van der Waals surface area contributed by atoms with Crippen LogP contribution in [0.5, 0.6) is 0 Å². The van der Waals surface area contributed by atoms with E-state index in [1.165, 1.54) is 16.0 Å². The number of nitrogens with zero attached hydrogens (tertiary/aromatic N) is 1. The normalized spacial score (nSPS) is 17.8. The van der Waals surface area contributed by atoms with Gasteiger partial charge in [-0.25, -0.2) is 0 Å². The minimum absolute atomic E-state index is 0.00835. The van der Waals surface area contributed by atoms with Gasteiger partial charge in [-0.1, -0.05) is 48.5 Å². The molecule has 0 saturated carbocycles. The predicted molar refractivity (Wildman–Crippen MR) is 95.7 cm³/mol. The summed E-state index contributed by atoms with van der Waals surface area (Å²) in [5, 5.41) is 3.13. The van der Waals surface area contributed by atoms with E-state index >= 15 is 0 Å². The van der Waals surface area contributed by atoms with Crippen LogP contribution in [0.3, 0.4) is 0 Å². The van der Waals surface area contributed by atoms with Gasteiger partial charge in [-0.2, -0.15) is 0 Å². The highest BCUT2D eigenvalue weighted by Crippen LogP contribution is 2.36. The highest BCUT2D eigenvalue weighted by molar-refractivity contribution is 8.01. The van der Waals surface area contributed by atoms with Gasteiger partial charge in [0.15, 0.2) is 0 Å². The molecule has 2 atom stereocenters. The lowest BCUT2D eigenvalue weighted by Gasteiger charge is -2.25. The molecule has 1 N–H and O–H groups in total. The Kier molecular flexibility index (Phi) is 5.03. The maximum Gasteiger partial charge on any atom is 0.233 e. The Morgan fingerprint density at radius 2 is 1.87 bits per heavy atom. The molecule has 2 aromatic rings. The molecule has 0 saturated heterocycles. The molecule has 0 fully saturated rings. The summed E-state index contributed by atoms with van der Waals surface area (Å²) in [7, 11) is 4.09. The molecule has 2 unspecified atom stereocenters. The van der Waals surface area contributed by atoms with E-state index in [1.54, 1.807) is 11.8 Å². The van der Waals surface area contributed by atoms with Gasteiger partial charge in [0.05, 0.1) is 11.3 Å². The Morgan fingerprint density at radius 3 is 2.57 bits per heavy atom. The average Bonchev–Trinajstić information content (AvgIpc) is 2.99. The Bertz CT molecular complexity index is 647. The number of fused-ring (bicyclic) bond motifs is 1. The molecule has 1 heterocycles. The lowest BCUT2D eigenvalue weighted by atomic mass is 10.1. The van der Waals surface area contributed by atoms with Crippen molar-refractivity contribution in [1.29, 1.82) is 0 Å². The number of hydrogen-bond acceptors (Lipinski definition) is 3. The number of likely N-dealkylation sites (N-methyl/N-ethyl adjacent to an activating group) is 1. The zero-order valence-electron chi connectivity index (χ0n) is 13.5. The van der Waals surface area contributed by atoms with E-state index in [2.05, 4.69) is 34.5 Å². The molecule has 1 amide bonds. The molecule has 120 valence electrons. The third kappa shape index (κ3) is 3.77. The van der Waals surface area contributed by atoms with Crippen LogP contribution in [0.25, 0.3) is 0 Å². The first-order valence-electron chi connectivity index (χ1n) is 7.89. The lowest BCUT2D eigenvalue weighted by Crippen LogP contribution is -2.38. The summed E-state index contributed by atoms with van der Waals surface area (Å²) < 4.78 is 0. The van der Waals surface area contributed by atoms with Crippen molar-refractivity contribution in [1.82, 2.24) is 10.2 Å². The minimum atomic E-state index is -0.00835. The van der Waals surface area contributed by atoms with Crippen molar-refractivity contribution in [3.05, 3.63) is 65.7 Å². The molecule has 0 bridgehead atoms. The average molecular weight is 326 g/mol. The van der Waals surface area contributed by atoms with Crippen molar-refractivity contribution < 1.29 is 4.79 Å². The van der Waals surface area contributed by atoms with Gasteiger partial charge in [0, 0.05) is 11.4 Å². The summed E-state index contributed by atoms with van der Waals surface area (Å²) >= 11 is 1.67. The first-order valence-corrected chi connectivity index (χ1v) is 8.77. The summed E-state index contributed by atoms with van der Waals surface area (Å²) in [6.45, 7) is 0.628. The van der Waals surface area contributed by atoms with Gasteiger partial charge in [-0.15, -0.1) is 11.8 Å². The molecule has 3 rings (SSSR count). The van der Waals surface area contributed by atoms with Gasteiger partial charge in [-0.05, 0) is 37.7 Å². The Morgan fingerprint density at radius 1 is 1.17 bits per heavy atom. The van der Waals surface area contributed by atoms with Gasteiger partial charge in [0.1, 0.15) is 0 Å². The number of carbonyl (C=O) groups excluding carboxylic acids is 1. The Balaban J connectivity index is 1.60. The maximum atomic E-state index is 12.5. The van der Waals surface area contributed by atoms with Crippen molar-refractivity contribution in [2.75, 3.05) is 20.6 Å². The van der Waals surface area contributed by atoms with E-state index in [1.807, 2.05) is 44.4 Å². The smallest absolute Gasteiger partial charge is 0.233 e. The van der Waals surface area contributed by atoms with E-state index in [0.717, 1.165) is 6.42 Å². The van der Waals surface area contributed by atoms with Crippen molar-refractivity contribution in [2.24, 2.45) is 0 Å². The molecule has 4 heteroatoms. The van der Waals surface area contributed by atoms with Gasteiger partial charge in [-0.3, -0.25) is 4.79 Å². The number of amides is 1. The second-order valence-electron chi connectivity index (χ2n) is 6.05. The van der Waals surface area contributed by atoms with Gasteiger partial charge in [0.2, 0.25) is 5.91 Å². The second-order valence-corrected chi connectivity index (χ2v) is 7.30. The number of thioether (sulfide) groups is 1. The molecule has 23 heavy (non-hydrogen) atoms. The van der Waals surface area contributed by atoms with Crippen LogP contribution in [0.4, 0.5) is 0 Å². The van der Waals surface area contributed by atoms with Crippen molar-refractivity contribution in [2.45, 2.75) is 22.6 Å². The standard InChI is InChI=1S/C19H22N2OS/c1-21(2)16(14-8-4-3-5-9-14)13-20-19(22)18-12-15-10-6-7-11-17(15)23-18/h3-11,16,18H,12-13H2,1-2H3,(H,20,22). The van der Waals surface area contributed by atoms with Crippen molar-refractivity contribution >= 4 is 17.7 Å². The van der Waals surface area contributed by atoms with Crippen LogP contribution in [0.2, 0.25) is 0 Å². The second kappa shape index (κ2) is 7.20. The van der Waals surface area contributed by atoms with Crippen LogP contribution in [0.1, 0.15) is 17.2 Å². The Labute approximate surface area is 142 Å². The zero-order valence-corrected chi connectivity index (χ0v) is 14.3. The first kappa shape index (κ1) is 16.1. The molecule has 1 aliphatic heterocycles. The highest BCUT2D eigenvalue weighted by atomic mass is 32.2. The fourth-order valence-electron chi connectivity index (χ4n) is 2.91. The van der Waals surface area contributed by atoms with Crippen LogP contribution >= 0.6 is 11.8 Å². The number of rotatable bonds is 5. The van der Waals surface area contributed by atoms with E-state index < -0.39 is 0 Å². The van der Waals surface area contributed by atoms with Gasteiger partial charge in [0.25, 0.3) is 0 Å².